The van der Waals surface area contributed by atoms with E-state index in [1.165, 1.54) is 225 Å². The summed E-state index contributed by atoms with van der Waals surface area (Å²) in [5, 5.41) is 13.7. The maximum Gasteiger partial charge on any atom is 0.472 e. The van der Waals surface area contributed by atoms with Crippen molar-refractivity contribution >= 4 is 13.7 Å². The number of rotatable bonds is 53. The van der Waals surface area contributed by atoms with Crippen LogP contribution in [-0.2, 0) is 18.4 Å². The molecule has 0 aliphatic carbocycles. The molecule has 3 atom stereocenters. The molecule has 8 nitrogen and oxygen atoms in total. The van der Waals surface area contributed by atoms with Crippen LogP contribution in [0.3, 0.4) is 0 Å². The summed E-state index contributed by atoms with van der Waals surface area (Å²) < 4.78 is 23.5. The number of amides is 1. The van der Waals surface area contributed by atoms with Gasteiger partial charge in [-0.1, -0.05) is 276 Å². The first-order valence-electron chi connectivity index (χ1n) is 28.6. The number of aliphatic hydroxyl groups is 1. The van der Waals surface area contributed by atoms with Crippen molar-refractivity contribution in [3.63, 3.8) is 0 Å². The van der Waals surface area contributed by atoms with Gasteiger partial charge >= 0.3 is 7.82 Å². The predicted octanol–water partition coefficient (Wildman–Crippen LogP) is 17.0. The average Bonchev–Trinajstić information content (AvgIpc) is 3.26. The number of allylic oxidation sites excluding steroid dienone is 1. The zero-order valence-corrected chi connectivity index (χ0v) is 45.2. The van der Waals surface area contributed by atoms with E-state index in [1.807, 2.05) is 27.2 Å². The second kappa shape index (κ2) is 48.3. The van der Waals surface area contributed by atoms with Crippen LogP contribution in [0.4, 0.5) is 0 Å². The van der Waals surface area contributed by atoms with Gasteiger partial charge in [0.25, 0.3) is 0 Å². The Morgan fingerprint density at radius 1 is 0.508 bits per heavy atom. The number of quaternary nitrogens is 1. The smallest absolute Gasteiger partial charge is 0.387 e. The number of hydrogen-bond acceptors (Lipinski definition) is 5. The molecule has 0 aromatic carbocycles. The van der Waals surface area contributed by atoms with Crippen molar-refractivity contribution in [2.75, 3.05) is 40.9 Å². The van der Waals surface area contributed by atoms with Gasteiger partial charge < -0.3 is 19.8 Å². The summed E-state index contributed by atoms with van der Waals surface area (Å²) in [5.74, 6) is -0.177. The Kier molecular flexibility index (Phi) is 47.7. The van der Waals surface area contributed by atoms with Gasteiger partial charge in [0.15, 0.2) is 0 Å². The molecule has 3 unspecified atom stereocenters. The van der Waals surface area contributed by atoms with E-state index in [-0.39, 0.29) is 19.1 Å². The van der Waals surface area contributed by atoms with Crippen molar-refractivity contribution in [3.05, 3.63) is 12.2 Å². The van der Waals surface area contributed by atoms with Gasteiger partial charge in [-0.3, -0.25) is 13.8 Å². The zero-order chi connectivity index (χ0) is 47.8. The summed E-state index contributed by atoms with van der Waals surface area (Å²) in [7, 11) is 1.58. The van der Waals surface area contributed by atoms with Gasteiger partial charge in [0.05, 0.1) is 39.9 Å². The lowest BCUT2D eigenvalue weighted by Gasteiger charge is -2.25. The van der Waals surface area contributed by atoms with E-state index in [0.717, 1.165) is 44.9 Å². The molecule has 65 heavy (non-hydrogen) atoms. The molecule has 1 amide bonds. The monoisotopic (exact) mass is 942 g/mol. The molecule has 0 saturated carbocycles. The molecule has 0 spiro atoms. The van der Waals surface area contributed by atoms with E-state index >= 15 is 0 Å². The minimum absolute atomic E-state index is 0.0638. The SMILES string of the molecule is CCCCCC/C=C/C(O)C(COP(=O)(O)OCC[N+](C)(C)C)NC(=O)CCCCCCCCCCCCCCCCCCCCCCCCCCCCCCCCCCCCCCC. The number of phosphoric acid groups is 1. The third kappa shape index (κ3) is 50.9. The molecule has 0 saturated heterocycles. The first-order valence-corrected chi connectivity index (χ1v) is 30.1. The van der Waals surface area contributed by atoms with Crippen LogP contribution in [0.15, 0.2) is 12.2 Å². The van der Waals surface area contributed by atoms with Crippen LogP contribution >= 0.6 is 7.82 Å². The van der Waals surface area contributed by atoms with Gasteiger partial charge in [0, 0.05) is 6.42 Å². The predicted molar refractivity (Wildman–Crippen MR) is 282 cm³/mol. The van der Waals surface area contributed by atoms with E-state index in [1.54, 1.807) is 6.08 Å². The van der Waals surface area contributed by atoms with Crippen molar-refractivity contribution < 1.29 is 32.9 Å². The number of aliphatic hydroxyl groups excluding tert-OH is 1. The summed E-state index contributed by atoms with van der Waals surface area (Å²) in [6, 6.07) is -0.838. The van der Waals surface area contributed by atoms with Crippen molar-refractivity contribution in [2.24, 2.45) is 0 Å². The summed E-state index contributed by atoms with van der Waals surface area (Å²) >= 11 is 0. The Labute approximate surface area is 405 Å². The molecule has 388 valence electrons. The van der Waals surface area contributed by atoms with Crippen LogP contribution in [0, 0.1) is 0 Å². The van der Waals surface area contributed by atoms with Crippen LogP contribution in [-0.4, -0.2) is 73.4 Å². The first kappa shape index (κ1) is 64.2. The highest BCUT2D eigenvalue weighted by atomic mass is 31.2. The maximum absolute atomic E-state index is 12.8. The number of unbranched alkanes of at least 4 members (excludes halogenated alkanes) is 40. The van der Waals surface area contributed by atoms with Crippen molar-refractivity contribution in [1.82, 2.24) is 5.32 Å². The largest absolute Gasteiger partial charge is 0.472 e. The quantitative estimate of drug-likeness (QED) is 0.0243. The first-order chi connectivity index (χ1) is 31.5. The molecule has 0 fully saturated rings. The highest BCUT2D eigenvalue weighted by Crippen LogP contribution is 2.43. The second-order valence-electron chi connectivity index (χ2n) is 21.0. The van der Waals surface area contributed by atoms with Crippen LogP contribution in [0.2, 0.25) is 0 Å². The average molecular weight is 943 g/mol. The number of likely N-dealkylation sites (N-methyl/N-ethyl adjacent to an activating group) is 1. The molecule has 0 radical (unpaired) electrons. The lowest BCUT2D eigenvalue weighted by atomic mass is 10.0. The standard InChI is InChI=1S/C56H113N2O6P/c1-6-8-10-12-14-15-16-17-18-19-20-21-22-23-24-25-26-27-28-29-30-31-32-33-34-35-36-37-38-39-40-41-42-43-44-46-48-50-56(60)57-54(55(59)49-47-45-13-11-9-7-2)53-64-65(61,62)63-52-51-58(3,4)5/h47,49,54-55,59H,6-46,48,50-53H2,1-5H3,(H-,57,60,61,62)/p+1/b49-47+. The molecule has 0 rings (SSSR count). The fourth-order valence-corrected chi connectivity index (χ4v) is 9.49. The van der Waals surface area contributed by atoms with E-state index in [4.69, 9.17) is 9.05 Å². The van der Waals surface area contributed by atoms with Gasteiger partial charge in [-0.15, -0.1) is 0 Å². The minimum atomic E-state index is -4.32. The Bertz CT molecular complexity index is 1070. The molecule has 9 heteroatoms. The fourth-order valence-electron chi connectivity index (χ4n) is 8.75. The lowest BCUT2D eigenvalue weighted by Crippen LogP contribution is -2.45. The lowest BCUT2D eigenvalue weighted by molar-refractivity contribution is -0.870. The van der Waals surface area contributed by atoms with Gasteiger partial charge in [-0.25, -0.2) is 4.57 Å². The maximum atomic E-state index is 12.8. The van der Waals surface area contributed by atoms with Crippen LogP contribution in [0.25, 0.3) is 0 Å². The third-order valence-corrected chi connectivity index (χ3v) is 14.2. The van der Waals surface area contributed by atoms with Crippen molar-refractivity contribution in [3.8, 4) is 0 Å². The topological polar surface area (TPSA) is 105 Å². The normalized spacial score (nSPS) is 14.0. The number of carbonyl (C=O) groups is 1. The molecular weight excluding hydrogens is 828 g/mol. The molecule has 0 heterocycles. The molecule has 0 aromatic rings. The van der Waals surface area contributed by atoms with Gasteiger partial charge in [-0.2, -0.15) is 0 Å². The summed E-state index contributed by atoms with van der Waals surface area (Å²) in [4.78, 5) is 23.0. The highest BCUT2D eigenvalue weighted by molar-refractivity contribution is 7.47. The Morgan fingerprint density at radius 3 is 1.14 bits per heavy atom. The number of nitrogens with one attached hydrogen (secondary N) is 1. The zero-order valence-electron chi connectivity index (χ0n) is 44.3. The van der Waals surface area contributed by atoms with Crippen molar-refractivity contribution in [2.45, 2.75) is 302 Å². The molecule has 0 aromatic heterocycles. The van der Waals surface area contributed by atoms with Crippen LogP contribution < -0.4 is 5.32 Å². The van der Waals surface area contributed by atoms with E-state index in [0.29, 0.717) is 17.4 Å². The number of nitrogens with zero attached hydrogens (tertiary/aromatic N) is 1. The Morgan fingerprint density at radius 2 is 0.815 bits per heavy atom. The van der Waals surface area contributed by atoms with E-state index < -0.39 is 20.0 Å². The number of phosphoric ester groups is 1. The van der Waals surface area contributed by atoms with E-state index in [2.05, 4.69) is 19.2 Å². The molecular formula is C56H114N2O6P+. The minimum Gasteiger partial charge on any atom is -0.387 e. The summed E-state index contributed by atoms with van der Waals surface area (Å²) in [6.45, 7) is 4.76. The van der Waals surface area contributed by atoms with E-state index in [9.17, 15) is 19.4 Å². The molecule has 3 N–H and O–H groups in total. The second-order valence-corrected chi connectivity index (χ2v) is 22.5. The molecule has 0 bridgehead atoms. The summed E-state index contributed by atoms with van der Waals surface area (Å²) in [5.41, 5.74) is 0. The Balaban J connectivity index is 3.69. The van der Waals surface area contributed by atoms with Crippen molar-refractivity contribution in [1.29, 1.82) is 0 Å². The van der Waals surface area contributed by atoms with Gasteiger partial charge in [-0.05, 0) is 19.3 Å². The number of hydrogen-bond donors (Lipinski definition) is 3. The van der Waals surface area contributed by atoms with Crippen LogP contribution in [0.5, 0.6) is 0 Å². The molecule has 0 aliphatic rings. The summed E-state index contributed by atoms with van der Waals surface area (Å²) in [6.07, 6.45) is 59.6. The highest BCUT2D eigenvalue weighted by Gasteiger charge is 2.27. The fraction of sp³-hybridized carbons (Fsp3) is 0.946. The van der Waals surface area contributed by atoms with Crippen LogP contribution in [0.1, 0.15) is 290 Å². The third-order valence-electron chi connectivity index (χ3n) is 13.3. The van der Waals surface area contributed by atoms with Gasteiger partial charge in [0.2, 0.25) is 5.91 Å². The number of carbonyl (C=O) groups excluding carboxylic acids is 1. The molecule has 0 aliphatic heterocycles. The Hall–Kier alpha value is -0.760. The van der Waals surface area contributed by atoms with Gasteiger partial charge in [0.1, 0.15) is 13.2 Å².